The Morgan fingerprint density at radius 2 is 1.88 bits per heavy atom. The van der Waals surface area contributed by atoms with Gasteiger partial charge in [-0.25, -0.2) is 4.98 Å². The van der Waals surface area contributed by atoms with Crippen LogP contribution in [0, 0.1) is 0 Å². The molecule has 4 rings (SSSR count). The number of alkyl halides is 2. The molecule has 2 heterocycles. The highest BCUT2D eigenvalue weighted by Crippen LogP contribution is 2.27. The predicted molar refractivity (Wildman–Crippen MR) is 93.0 cm³/mol. The molecule has 0 fully saturated rings. The maximum Gasteiger partial charge on any atom is 0.320 e. The number of aromatic nitrogens is 4. The van der Waals surface area contributed by atoms with Crippen molar-refractivity contribution in [2.75, 3.05) is 0 Å². The summed E-state index contributed by atoms with van der Waals surface area (Å²) in [5.41, 5.74) is 1.72. The lowest BCUT2D eigenvalue weighted by Crippen LogP contribution is -2.29. The molecule has 132 valence electrons. The summed E-state index contributed by atoms with van der Waals surface area (Å²) in [6.07, 6.45) is 0. The van der Waals surface area contributed by atoms with E-state index in [4.69, 9.17) is 0 Å². The van der Waals surface area contributed by atoms with Crippen LogP contribution in [0.2, 0.25) is 0 Å². The van der Waals surface area contributed by atoms with Crippen molar-refractivity contribution in [2.45, 2.75) is 19.5 Å². The number of nitrogens with zero attached hydrogens (tertiary/aromatic N) is 3. The third-order valence-electron chi connectivity index (χ3n) is 4.24. The second-order valence-corrected chi connectivity index (χ2v) is 5.92. The van der Waals surface area contributed by atoms with Crippen LogP contribution in [-0.2, 0) is 0 Å². The molecule has 0 radical (unpaired) electrons. The topological polar surface area (TPSA) is 75.6 Å². The van der Waals surface area contributed by atoms with E-state index in [0.29, 0.717) is 16.4 Å². The van der Waals surface area contributed by atoms with Crippen molar-refractivity contribution in [3.05, 3.63) is 60.0 Å². The molecule has 1 atom stereocenters. The minimum absolute atomic E-state index is 0.0920. The van der Waals surface area contributed by atoms with Gasteiger partial charge in [-0.3, -0.25) is 14.5 Å². The van der Waals surface area contributed by atoms with Gasteiger partial charge in [-0.1, -0.05) is 30.3 Å². The highest BCUT2D eigenvalue weighted by atomic mass is 19.3. The summed E-state index contributed by atoms with van der Waals surface area (Å²) in [5.74, 6) is -0.364. The molecule has 6 nitrogen and oxygen atoms in total. The van der Waals surface area contributed by atoms with Crippen LogP contribution < -0.4 is 5.32 Å². The third kappa shape index (κ3) is 2.59. The highest BCUT2D eigenvalue weighted by Gasteiger charge is 2.24. The van der Waals surface area contributed by atoms with E-state index in [2.05, 4.69) is 20.5 Å². The third-order valence-corrected chi connectivity index (χ3v) is 4.24. The molecule has 0 aliphatic carbocycles. The Kier molecular flexibility index (Phi) is 3.87. The first kappa shape index (κ1) is 16.2. The molecule has 2 aromatic carbocycles. The van der Waals surface area contributed by atoms with Crippen LogP contribution in [0.4, 0.5) is 8.78 Å². The van der Waals surface area contributed by atoms with Crippen molar-refractivity contribution >= 4 is 27.8 Å². The molecule has 0 spiro atoms. The number of H-pyrrole nitrogens is 1. The first-order valence-corrected chi connectivity index (χ1v) is 8.05. The summed E-state index contributed by atoms with van der Waals surface area (Å²) in [5, 5.41) is 10.2. The number of aromatic amines is 1. The molecule has 0 aliphatic heterocycles. The summed E-state index contributed by atoms with van der Waals surface area (Å²) in [7, 11) is 0. The monoisotopic (exact) mass is 355 g/mol. The fourth-order valence-electron chi connectivity index (χ4n) is 3.04. The van der Waals surface area contributed by atoms with Crippen LogP contribution in [0.3, 0.4) is 0 Å². The van der Waals surface area contributed by atoms with Crippen LogP contribution in [0.5, 0.6) is 0 Å². The number of para-hydroxylation sites is 3. The van der Waals surface area contributed by atoms with Gasteiger partial charge < -0.3 is 5.32 Å². The molecule has 0 saturated carbocycles. The van der Waals surface area contributed by atoms with Crippen molar-refractivity contribution in [3.8, 4) is 0 Å². The lowest BCUT2D eigenvalue weighted by Gasteiger charge is -2.15. The van der Waals surface area contributed by atoms with E-state index in [9.17, 15) is 13.6 Å². The van der Waals surface area contributed by atoms with Gasteiger partial charge in [0.25, 0.3) is 5.91 Å². The van der Waals surface area contributed by atoms with Gasteiger partial charge in [0.2, 0.25) is 0 Å². The maximum atomic E-state index is 13.6. The SMILES string of the molecule is C[C@H](NC(=O)c1n[nH]c2ccccc12)c1nc2ccccc2n1C(F)F. The summed E-state index contributed by atoms with van der Waals surface area (Å²) in [6.45, 7) is -1.14. The van der Waals surface area contributed by atoms with Crippen molar-refractivity contribution < 1.29 is 13.6 Å². The average Bonchev–Trinajstić information content (AvgIpc) is 3.23. The van der Waals surface area contributed by atoms with E-state index in [1.54, 1.807) is 49.4 Å². The second-order valence-electron chi connectivity index (χ2n) is 5.92. The number of amides is 1. The Morgan fingerprint density at radius 3 is 2.69 bits per heavy atom. The molecule has 2 aromatic heterocycles. The van der Waals surface area contributed by atoms with E-state index in [1.807, 2.05) is 6.07 Å². The van der Waals surface area contributed by atoms with Gasteiger partial charge >= 0.3 is 6.55 Å². The number of nitrogens with one attached hydrogen (secondary N) is 2. The number of rotatable bonds is 4. The molecule has 0 unspecified atom stereocenters. The number of benzene rings is 2. The molecule has 0 saturated heterocycles. The molecule has 1 amide bonds. The van der Waals surface area contributed by atoms with Gasteiger partial charge in [0.1, 0.15) is 5.82 Å². The summed E-state index contributed by atoms with van der Waals surface area (Å²) >= 11 is 0. The lowest BCUT2D eigenvalue weighted by atomic mass is 10.2. The van der Waals surface area contributed by atoms with Gasteiger partial charge in [0, 0.05) is 5.39 Å². The van der Waals surface area contributed by atoms with Gasteiger partial charge in [-0.2, -0.15) is 13.9 Å². The molecule has 26 heavy (non-hydrogen) atoms. The molecule has 0 bridgehead atoms. The number of carbonyl (C=O) groups excluding carboxylic acids is 1. The Labute approximate surface area is 146 Å². The Hall–Kier alpha value is -3.29. The fourth-order valence-corrected chi connectivity index (χ4v) is 3.04. The smallest absolute Gasteiger partial charge is 0.320 e. The van der Waals surface area contributed by atoms with E-state index in [-0.39, 0.29) is 11.5 Å². The van der Waals surface area contributed by atoms with Gasteiger partial charge in [0.15, 0.2) is 5.69 Å². The summed E-state index contributed by atoms with van der Waals surface area (Å²) in [6, 6.07) is 13.1. The van der Waals surface area contributed by atoms with Crippen molar-refractivity contribution in [3.63, 3.8) is 0 Å². The minimum Gasteiger partial charge on any atom is -0.341 e. The number of fused-ring (bicyclic) bond motifs is 2. The average molecular weight is 355 g/mol. The maximum absolute atomic E-state index is 13.6. The van der Waals surface area contributed by atoms with Crippen LogP contribution >= 0.6 is 0 Å². The lowest BCUT2D eigenvalue weighted by molar-refractivity contribution is 0.0687. The zero-order chi connectivity index (χ0) is 18.3. The molecular formula is C18H15F2N5O. The number of hydrogen-bond acceptors (Lipinski definition) is 3. The predicted octanol–water partition coefficient (Wildman–Crippen LogP) is 3.80. The standard InChI is InChI=1S/C18H15F2N5O/c1-10(16-22-13-8-4-5-9-14(13)25(16)18(19)20)21-17(26)15-11-6-2-3-7-12(11)23-24-15/h2-10,18H,1H3,(H,21,26)(H,23,24)/t10-/m0/s1. The molecular weight excluding hydrogens is 340 g/mol. The second kappa shape index (κ2) is 6.21. The van der Waals surface area contributed by atoms with E-state index in [1.165, 1.54) is 0 Å². The molecule has 0 aliphatic rings. The van der Waals surface area contributed by atoms with Crippen molar-refractivity contribution in [1.29, 1.82) is 0 Å². The summed E-state index contributed by atoms with van der Waals surface area (Å²) < 4.78 is 28.0. The summed E-state index contributed by atoms with van der Waals surface area (Å²) in [4.78, 5) is 16.9. The molecule has 8 heteroatoms. The van der Waals surface area contributed by atoms with Crippen LogP contribution in [0.25, 0.3) is 21.9 Å². The Bertz CT molecular complexity index is 1100. The largest absolute Gasteiger partial charge is 0.341 e. The normalized spacial score (nSPS) is 12.8. The first-order chi connectivity index (χ1) is 12.6. The first-order valence-electron chi connectivity index (χ1n) is 8.05. The number of carbonyl (C=O) groups is 1. The van der Waals surface area contributed by atoms with E-state index >= 15 is 0 Å². The minimum atomic E-state index is -2.76. The van der Waals surface area contributed by atoms with E-state index < -0.39 is 18.5 Å². The fraction of sp³-hybridized carbons (Fsp3) is 0.167. The zero-order valence-corrected chi connectivity index (χ0v) is 13.8. The Balaban J connectivity index is 1.68. The molecule has 2 N–H and O–H groups in total. The zero-order valence-electron chi connectivity index (χ0n) is 13.8. The van der Waals surface area contributed by atoms with Crippen LogP contribution in [-0.4, -0.2) is 25.7 Å². The van der Waals surface area contributed by atoms with Crippen LogP contribution in [0.15, 0.2) is 48.5 Å². The molecule has 4 aromatic rings. The van der Waals surface area contributed by atoms with Gasteiger partial charge in [-0.05, 0) is 25.1 Å². The number of halogens is 2. The van der Waals surface area contributed by atoms with E-state index in [0.717, 1.165) is 10.1 Å². The quantitative estimate of drug-likeness (QED) is 0.585. The number of imidazole rings is 1. The van der Waals surface area contributed by atoms with Crippen molar-refractivity contribution in [2.24, 2.45) is 0 Å². The van der Waals surface area contributed by atoms with Gasteiger partial charge in [-0.15, -0.1) is 0 Å². The number of hydrogen-bond donors (Lipinski definition) is 2. The highest BCUT2D eigenvalue weighted by molar-refractivity contribution is 6.04. The van der Waals surface area contributed by atoms with Crippen molar-refractivity contribution in [1.82, 2.24) is 25.1 Å². The van der Waals surface area contributed by atoms with Gasteiger partial charge in [0.05, 0.1) is 22.6 Å². The Morgan fingerprint density at radius 1 is 1.15 bits per heavy atom. The van der Waals surface area contributed by atoms with Crippen LogP contribution in [0.1, 0.15) is 35.8 Å².